The van der Waals surface area contributed by atoms with Gasteiger partial charge in [-0.3, -0.25) is 18.7 Å². The molecule has 0 aliphatic heterocycles. The number of sulfonamides is 1. The molecule has 0 fully saturated rings. The Balaban J connectivity index is 2.47. The highest BCUT2D eigenvalue weighted by molar-refractivity contribution is 7.92. The van der Waals surface area contributed by atoms with E-state index in [9.17, 15) is 22.8 Å². The zero-order valence-electron chi connectivity index (χ0n) is 21.9. The highest BCUT2D eigenvalue weighted by Gasteiger charge is 2.32. The predicted octanol–water partition coefficient (Wildman–Crippen LogP) is 3.54. The lowest BCUT2D eigenvalue weighted by molar-refractivity contribution is -0.140. The van der Waals surface area contributed by atoms with Crippen molar-refractivity contribution in [3.63, 3.8) is 0 Å². The largest absolute Gasteiger partial charge is 0.354 e. The van der Waals surface area contributed by atoms with Gasteiger partial charge in [0.1, 0.15) is 12.6 Å². The molecule has 36 heavy (non-hydrogen) atoms. The summed E-state index contributed by atoms with van der Waals surface area (Å²) in [7, 11) is -3.87. The molecule has 1 atom stereocenters. The molecule has 2 aromatic carbocycles. The highest BCUT2D eigenvalue weighted by Crippen LogP contribution is 2.22. The van der Waals surface area contributed by atoms with E-state index in [-0.39, 0.29) is 29.8 Å². The normalized spacial score (nSPS) is 12.2. The minimum absolute atomic E-state index is 0.157. The van der Waals surface area contributed by atoms with Crippen molar-refractivity contribution in [1.29, 1.82) is 0 Å². The third-order valence-electron chi connectivity index (χ3n) is 5.89. The van der Waals surface area contributed by atoms with Gasteiger partial charge in [-0.1, -0.05) is 57.2 Å². The molecule has 0 saturated carbocycles. The van der Waals surface area contributed by atoms with Crippen LogP contribution in [-0.2, 0) is 26.2 Å². The van der Waals surface area contributed by atoms with Gasteiger partial charge in [-0.15, -0.1) is 0 Å². The first-order valence-corrected chi connectivity index (χ1v) is 13.9. The molecule has 0 spiro atoms. The molecule has 2 amide bonds. The fourth-order valence-electron chi connectivity index (χ4n) is 3.81. The van der Waals surface area contributed by atoms with E-state index in [1.54, 1.807) is 18.2 Å². The summed E-state index contributed by atoms with van der Waals surface area (Å²) in [6.07, 6.45) is 1.37. The summed E-state index contributed by atoms with van der Waals surface area (Å²) < 4.78 is 26.4. The van der Waals surface area contributed by atoms with Gasteiger partial charge in [-0.05, 0) is 49.4 Å². The number of carbonyl (C=O) groups is 3. The van der Waals surface area contributed by atoms with Crippen LogP contribution in [0, 0.1) is 12.8 Å². The van der Waals surface area contributed by atoms with Crippen molar-refractivity contribution in [2.24, 2.45) is 5.92 Å². The maximum atomic E-state index is 13.7. The first kappa shape index (κ1) is 29.0. The van der Waals surface area contributed by atoms with E-state index >= 15 is 0 Å². The first-order chi connectivity index (χ1) is 16.8. The van der Waals surface area contributed by atoms with Gasteiger partial charge < -0.3 is 10.2 Å². The van der Waals surface area contributed by atoms with E-state index in [1.807, 2.05) is 52.0 Å². The minimum Gasteiger partial charge on any atom is -0.354 e. The summed E-state index contributed by atoms with van der Waals surface area (Å²) in [6.45, 7) is 9.23. The van der Waals surface area contributed by atoms with Gasteiger partial charge in [-0.25, -0.2) is 8.42 Å². The lowest BCUT2D eigenvalue weighted by atomic mass is 10.1. The van der Waals surface area contributed by atoms with Crippen molar-refractivity contribution in [1.82, 2.24) is 10.2 Å². The molecule has 0 radical (unpaired) electrons. The van der Waals surface area contributed by atoms with Crippen molar-refractivity contribution in [3.05, 3.63) is 65.2 Å². The maximum Gasteiger partial charge on any atom is 0.244 e. The Kier molecular flexibility index (Phi) is 10.2. The Bertz CT molecular complexity index is 1190. The zero-order valence-corrected chi connectivity index (χ0v) is 22.8. The van der Waals surface area contributed by atoms with Crippen LogP contribution in [0.1, 0.15) is 55.6 Å². The smallest absolute Gasteiger partial charge is 0.244 e. The number of nitrogens with zero attached hydrogens (tertiary/aromatic N) is 2. The molecule has 0 heterocycles. The molecule has 0 aliphatic rings. The van der Waals surface area contributed by atoms with Gasteiger partial charge >= 0.3 is 0 Å². The topological polar surface area (TPSA) is 104 Å². The van der Waals surface area contributed by atoms with Crippen LogP contribution in [0.2, 0.25) is 0 Å². The third-order valence-corrected chi connectivity index (χ3v) is 7.03. The second-order valence-electron chi connectivity index (χ2n) is 9.39. The van der Waals surface area contributed by atoms with Crippen molar-refractivity contribution < 1.29 is 22.8 Å². The Morgan fingerprint density at radius 1 is 1.03 bits per heavy atom. The second kappa shape index (κ2) is 12.7. The minimum atomic E-state index is -3.87. The van der Waals surface area contributed by atoms with Crippen LogP contribution in [0.5, 0.6) is 0 Å². The van der Waals surface area contributed by atoms with E-state index in [0.29, 0.717) is 18.5 Å². The monoisotopic (exact) mass is 515 g/mol. The van der Waals surface area contributed by atoms with Crippen LogP contribution < -0.4 is 9.62 Å². The fraction of sp³-hybridized carbons (Fsp3) is 0.444. The van der Waals surface area contributed by atoms with Crippen LogP contribution in [0.3, 0.4) is 0 Å². The number of anilines is 1. The van der Waals surface area contributed by atoms with E-state index in [4.69, 9.17) is 0 Å². The summed E-state index contributed by atoms with van der Waals surface area (Å²) in [4.78, 5) is 40.1. The molecule has 8 nitrogen and oxygen atoms in total. The molecular formula is C27H37N3O5S. The fourth-order valence-corrected chi connectivity index (χ4v) is 4.65. The van der Waals surface area contributed by atoms with Gasteiger partial charge in [0, 0.05) is 18.7 Å². The lowest BCUT2D eigenvalue weighted by Gasteiger charge is -2.33. The molecule has 196 valence electrons. The molecule has 0 saturated heterocycles. The number of hydrogen-bond acceptors (Lipinski definition) is 5. The van der Waals surface area contributed by atoms with Crippen LogP contribution in [0.25, 0.3) is 0 Å². The van der Waals surface area contributed by atoms with E-state index < -0.39 is 28.5 Å². The standard InChI is InChI=1S/C27H37N3O5S/c1-7-25(27(33)28-16-19(2)3)29(17-23-12-9-8-11-20(23)4)26(32)18-30(36(6,34)35)24-14-10-13-22(15-24)21(5)31/h8-15,19,25H,7,16-18H2,1-6H3,(H,28,33). The Morgan fingerprint density at radius 3 is 2.25 bits per heavy atom. The van der Waals surface area contributed by atoms with Crippen LogP contribution in [-0.4, -0.2) is 56.3 Å². The molecule has 0 aromatic heterocycles. The number of amides is 2. The zero-order chi connectivity index (χ0) is 27.0. The SMILES string of the molecule is CCC(C(=O)NCC(C)C)N(Cc1ccccc1C)C(=O)CN(c1cccc(C(C)=O)c1)S(C)(=O)=O. The Labute approximate surface area is 214 Å². The third kappa shape index (κ3) is 7.91. The first-order valence-electron chi connectivity index (χ1n) is 12.1. The molecule has 2 aromatic rings. The van der Waals surface area contributed by atoms with E-state index in [2.05, 4.69) is 5.32 Å². The number of aryl methyl sites for hydroxylation is 1. The molecule has 2 rings (SSSR count). The highest BCUT2D eigenvalue weighted by atomic mass is 32.2. The van der Waals surface area contributed by atoms with Gasteiger partial charge in [0.25, 0.3) is 0 Å². The molecule has 1 N–H and O–H groups in total. The van der Waals surface area contributed by atoms with E-state index in [1.165, 1.54) is 17.9 Å². The Morgan fingerprint density at radius 2 is 1.69 bits per heavy atom. The number of ketones is 1. The average Bonchev–Trinajstić information content (AvgIpc) is 2.81. The summed E-state index contributed by atoms with van der Waals surface area (Å²) in [6, 6.07) is 13.0. The van der Waals surface area contributed by atoms with Gasteiger partial charge in [0.05, 0.1) is 11.9 Å². The summed E-state index contributed by atoms with van der Waals surface area (Å²) in [5.74, 6) is -0.770. The quantitative estimate of drug-likeness (QED) is 0.436. The van der Waals surface area contributed by atoms with Crippen molar-refractivity contribution in [2.45, 2.75) is 53.6 Å². The van der Waals surface area contributed by atoms with Crippen molar-refractivity contribution in [3.8, 4) is 0 Å². The summed E-state index contributed by atoms with van der Waals surface area (Å²) in [5.41, 5.74) is 2.38. The van der Waals surface area contributed by atoms with Gasteiger partial charge in [0.15, 0.2) is 5.78 Å². The van der Waals surface area contributed by atoms with Crippen molar-refractivity contribution in [2.75, 3.05) is 23.7 Å². The van der Waals surface area contributed by atoms with Gasteiger partial charge in [-0.2, -0.15) is 0 Å². The summed E-state index contributed by atoms with van der Waals surface area (Å²) >= 11 is 0. The molecule has 0 bridgehead atoms. The maximum absolute atomic E-state index is 13.7. The molecule has 9 heteroatoms. The number of hydrogen-bond donors (Lipinski definition) is 1. The van der Waals surface area contributed by atoms with Crippen LogP contribution in [0.15, 0.2) is 48.5 Å². The number of carbonyl (C=O) groups excluding carboxylic acids is 3. The number of Topliss-reactive ketones (excluding diaryl/α,β-unsaturated/α-hetero) is 1. The van der Waals surface area contributed by atoms with Crippen LogP contribution in [0.4, 0.5) is 5.69 Å². The average molecular weight is 516 g/mol. The second-order valence-corrected chi connectivity index (χ2v) is 11.3. The van der Waals surface area contributed by atoms with Crippen molar-refractivity contribution >= 4 is 33.3 Å². The number of nitrogens with one attached hydrogen (secondary N) is 1. The van der Waals surface area contributed by atoms with E-state index in [0.717, 1.165) is 21.7 Å². The summed E-state index contributed by atoms with van der Waals surface area (Å²) in [5, 5.41) is 2.90. The number of rotatable bonds is 12. The predicted molar refractivity (Wildman–Crippen MR) is 142 cm³/mol. The van der Waals surface area contributed by atoms with Gasteiger partial charge in [0.2, 0.25) is 21.8 Å². The Hall–Kier alpha value is -3.20. The molecule has 1 unspecified atom stereocenters. The number of benzene rings is 2. The molecule has 0 aliphatic carbocycles. The molecular weight excluding hydrogens is 478 g/mol. The van der Waals surface area contributed by atoms with Crippen LogP contribution >= 0.6 is 0 Å². The lowest BCUT2D eigenvalue weighted by Crippen LogP contribution is -2.52.